The molecule has 194 valence electrons. The van der Waals surface area contributed by atoms with Crippen molar-refractivity contribution in [2.75, 3.05) is 42.7 Å². The van der Waals surface area contributed by atoms with Crippen LogP contribution >= 0.6 is 0 Å². The van der Waals surface area contributed by atoms with Crippen LogP contribution in [-0.2, 0) is 9.89 Å². The summed E-state index contributed by atoms with van der Waals surface area (Å²) >= 11 is 0. The smallest absolute Gasteiger partial charge is 0.320 e. The first kappa shape index (κ1) is 27.2. The average molecular weight is 523 g/mol. The van der Waals surface area contributed by atoms with E-state index < -0.39 is 15.8 Å². The molecule has 0 spiro atoms. The van der Waals surface area contributed by atoms with Gasteiger partial charge in [0.25, 0.3) is 0 Å². The highest BCUT2D eigenvalue weighted by Crippen LogP contribution is 2.58. The van der Waals surface area contributed by atoms with Crippen molar-refractivity contribution >= 4 is 0 Å². The van der Waals surface area contributed by atoms with Gasteiger partial charge in [0.2, 0.25) is 0 Å². The molecule has 0 aliphatic carbocycles. The normalized spacial score (nSPS) is 11.6. The Bertz CT molecular complexity index is 990. The van der Waals surface area contributed by atoms with Crippen molar-refractivity contribution in [1.29, 1.82) is 0 Å². The second-order valence-electron chi connectivity index (χ2n) is 7.25. The van der Waals surface area contributed by atoms with Crippen LogP contribution in [0.1, 0.15) is 16.7 Å². The summed E-state index contributed by atoms with van der Waals surface area (Å²) in [4.78, 5) is 0. The zero-order chi connectivity index (χ0) is 26.5. The number of benzene rings is 3. The fourth-order valence-corrected chi connectivity index (χ4v) is 4.74. The Hall–Kier alpha value is -3.41. The van der Waals surface area contributed by atoms with Gasteiger partial charge in [0, 0.05) is 0 Å². The number of hydrogen-bond acceptors (Lipinski definition) is 10. The van der Waals surface area contributed by atoms with E-state index in [1.807, 2.05) is 0 Å². The highest BCUT2D eigenvalue weighted by Gasteiger charge is 2.61. The molecule has 0 amide bonds. The topological polar surface area (TPSA) is 134 Å². The fourth-order valence-electron chi connectivity index (χ4n) is 4.23. The van der Waals surface area contributed by atoms with Gasteiger partial charge in [0.05, 0.1) is 73.9 Å². The van der Waals surface area contributed by atoms with Crippen molar-refractivity contribution < 1.29 is 56.9 Å². The Morgan fingerprint density at radius 1 is 0.472 bits per heavy atom. The van der Waals surface area contributed by atoms with Crippen molar-refractivity contribution in [3.8, 4) is 34.5 Å². The lowest BCUT2D eigenvalue weighted by Gasteiger charge is -2.35. The summed E-state index contributed by atoms with van der Waals surface area (Å²) in [6.07, 6.45) is 0. The minimum Gasteiger partial charge on any atom is -0.496 e. The predicted molar refractivity (Wildman–Crippen MR) is 120 cm³/mol. The van der Waals surface area contributed by atoms with E-state index in [-0.39, 0.29) is 51.2 Å². The SMILES string of the molecule is COc1cccc(OC)c1C(O[Cl+3]([O-])([O-])[O-])(c1c(OC)cccc1OC)c1c(OC)cccc1OC. The Balaban J connectivity index is 2.77. The zero-order valence-electron chi connectivity index (χ0n) is 20.7. The van der Waals surface area contributed by atoms with E-state index >= 15 is 0 Å². The number of hydrogen-bond donors (Lipinski definition) is 0. The van der Waals surface area contributed by atoms with Crippen LogP contribution in [0.2, 0.25) is 0 Å². The van der Waals surface area contributed by atoms with Crippen LogP contribution in [-0.4, -0.2) is 42.7 Å². The van der Waals surface area contributed by atoms with E-state index in [9.17, 15) is 14.0 Å². The Labute approximate surface area is 211 Å². The maximum absolute atomic E-state index is 12.5. The lowest BCUT2D eigenvalue weighted by atomic mass is 9.77. The van der Waals surface area contributed by atoms with Gasteiger partial charge in [-0.25, -0.2) is 0 Å². The summed E-state index contributed by atoms with van der Waals surface area (Å²) in [5, 5.41) is 0. The summed E-state index contributed by atoms with van der Waals surface area (Å²) < 4.78 is 76.8. The first-order valence-electron chi connectivity index (χ1n) is 10.5. The molecular weight excluding hydrogens is 496 g/mol. The number of methoxy groups -OCH3 is 6. The van der Waals surface area contributed by atoms with Gasteiger partial charge in [-0.2, -0.15) is 14.0 Å². The molecule has 0 saturated carbocycles. The van der Waals surface area contributed by atoms with Gasteiger partial charge in [0.15, 0.2) is 0 Å². The maximum Gasteiger partial charge on any atom is 0.320 e. The molecule has 0 bridgehead atoms. The molecule has 0 aliphatic heterocycles. The molecule has 36 heavy (non-hydrogen) atoms. The lowest BCUT2D eigenvalue weighted by molar-refractivity contribution is -1.92. The Morgan fingerprint density at radius 2 is 0.694 bits per heavy atom. The minimum atomic E-state index is -5.12. The molecule has 0 unspecified atom stereocenters. The molecule has 0 fully saturated rings. The molecule has 0 radical (unpaired) electrons. The van der Waals surface area contributed by atoms with Gasteiger partial charge in [-0.1, -0.05) is 18.2 Å². The van der Waals surface area contributed by atoms with Crippen molar-refractivity contribution in [3.05, 3.63) is 71.3 Å². The fraction of sp³-hybridized carbons (Fsp3) is 0.280. The number of ether oxygens (including phenoxy) is 6. The van der Waals surface area contributed by atoms with Gasteiger partial charge < -0.3 is 28.4 Å². The van der Waals surface area contributed by atoms with E-state index in [1.165, 1.54) is 42.7 Å². The summed E-state index contributed by atoms with van der Waals surface area (Å²) in [6.45, 7) is 0. The molecule has 3 aromatic rings. The molecule has 0 saturated heterocycles. The first-order chi connectivity index (χ1) is 17.2. The van der Waals surface area contributed by atoms with Gasteiger partial charge in [-0.05, 0) is 36.4 Å². The molecule has 0 N–H and O–H groups in total. The molecule has 0 aliphatic rings. The van der Waals surface area contributed by atoms with Crippen LogP contribution in [0.4, 0.5) is 0 Å². The Morgan fingerprint density at radius 3 is 0.861 bits per heavy atom. The maximum atomic E-state index is 12.5. The summed E-state index contributed by atoms with van der Waals surface area (Å²) in [5.41, 5.74) is -2.29. The molecule has 10 nitrogen and oxygen atoms in total. The highest BCUT2D eigenvalue weighted by molar-refractivity contribution is 5.69. The standard InChI is InChI=1S/C25H27ClO10/c1-30-16-10-7-11-17(31-2)22(16)25(36-26(27,28)29,23-18(32-3)12-8-13-19(23)33-4)24-20(34-5)14-9-15-21(24)35-6/h7-15H,1-6H3. The quantitative estimate of drug-likeness (QED) is 0.335. The molecular formula is C25H27ClO10. The van der Waals surface area contributed by atoms with Gasteiger partial charge in [-0.15, -0.1) is 0 Å². The van der Waals surface area contributed by atoms with Crippen LogP contribution < -0.4 is 42.4 Å². The summed E-state index contributed by atoms with van der Waals surface area (Å²) in [6, 6.07) is 14.3. The van der Waals surface area contributed by atoms with Crippen molar-refractivity contribution in [3.63, 3.8) is 0 Å². The largest absolute Gasteiger partial charge is 0.496 e. The predicted octanol–water partition coefficient (Wildman–Crippen LogP) is 0.944. The third-order valence-electron chi connectivity index (χ3n) is 5.55. The molecule has 3 rings (SSSR count). The van der Waals surface area contributed by atoms with Gasteiger partial charge >= 0.3 is 5.60 Å². The third kappa shape index (κ3) is 4.81. The summed E-state index contributed by atoms with van der Waals surface area (Å²) in [5.74, 6) is 0.801. The van der Waals surface area contributed by atoms with Crippen LogP contribution in [0.3, 0.4) is 0 Å². The Kier molecular flexibility index (Phi) is 8.39. The van der Waals surface area contributed by atoms with E-state index in [4.69, 9.17) is 32.7 Å². The molecule has 0 atom stereocenters. The lowest BCUT2D eigenvalue weighted by Crippen LogP contribution is -2.64. The second-order valence-corrected chi connectivity index (χ2v) is 8.16. The molecule has 0 aromatic heterocycles. The molecule has 3 aromatic carbocycles. The highest BCUT2D eigenvalue weighted by atomic mass is 35.7. The van der Waals surface area contributed by atoms with E-state index in [0.29, 0.717) is 0 Å². The van der Waals surface area contributed by atoms with Crippen molar-refractivity contribution in [2.24, 2.45) is 0 Å². The zero-order valence-corrected chi connectivity index (χ0v) is 21.4. The number of rotatable bonds is 11. The first-order valence-corrected chi connectivity index (χ1v) is 11.7. The van der Waals surface area contributed by atoms with Crippen LogP contribution in [0.25, 0.3) is 0 Å². The second kappa shape index (κ2) is 11.1. The monoisotopic (exact) mass is 522 g/mol. The van der Waals surface area contributed by atoms with E-state index in [1.54, 1.807) is 54.6 Å². The van der Waals surface area contributed by atoms with Crippen molar-refractivity contribution in [1.82, 2.24) is 0 Å². The molecule has 0 heterocycles. The van der Waals surface area contributed by atoms with Gasteiger partial charge in [0.1, 0.15) is 34.5 Å². The van der Waals surface area contributed by atoms with E-state index in [0.717, 1.165) is 0 Å². The van der Waals surface area contributed by atoms with Crippen LogP contribution in [0.15, 0.2) is 54.6 Å². The van der Waals surface area contributed by atoms with Crippen molar-refractivity contribution in [2.45, 2.75) is 5.60 Å². The summed E-state index contributed by atoms with van der Waals surface area (Å²) in [7, 11) is 3.16. The van der Waals surface area contributed by atoms with Gasteiger partial charge in [-0.3, -0.25) is 0 Å². The van der Waals surface area contributed by atoms with Crippen LogP contribution in [0, 0.1) is 10.2 Å². The van der Waals surface area contributed by atoms with E-state index in [2.05, 4.69) is 0 Å². The minimum absolute atomic E-state index is 0.0209. The third-order valence-corrected chi connectivity index (χ3v) is 5.97. The average Bonchev–Trinajstić information content (AvgIpc) is 2.89. The number of halogens is 1. The molecule has 11 heteroatoms. The van der Waals surface area contributed by atoms with Crippen LogP contribution in [0.5, 0.6) is 34.5 Å².